The van der Waals surface area contributed by atoms with Gasteiger partial charge < -0.3 is 9.73 Å². The van der Waals surface area contributed by atoms with Crippen molar-refractivity contribution < 1.29 is 4.42 Å². The molecule has 0 aliphatic heterocycles. The Morgan fingerprint density at radius 2 is 1.71 bits per heavy atom. The van der Waals surface area contributed by atoms with Crippen LogP contribution in [0, 0.1) is 20.8 Å². The third-order valence-corrected chi connectivity index (χ3v) is 3.29. The molecule has 0 saturated carbocycles. The molecule has 4 nitrogen and oxygen atoms in total. The fourth-order valence-electron chi connectivity index (χ4n) is 1.95. The van der Waals surface area contributed by atoms with Gasteiger partial charge in [-0.3, -0.25) is 10.9 Å². The van der Waals surface area contributed by atoms with E-state index in [1.807, 2.05) is 51.1 Å². The van der Waals surface area contributed by atoms with E-state index < -0.39 is 0 Å². The molecule has 0 atom stereocenters. The second kappa shape index (κ2) is 6.45. The van der Waals surface area contributed by atoms with Crippen LogP contribution < -0.4 is 16.2 Å². The number of nitrogens with one attached hydrogen (secondary N) is 3. The van der Waals surface area contributed by atoms with Crippen LogP contribution in [-0.2, 0) is 0 Å². The van der Waals surface area contributed by atoms with Crippen molar-refractivity contribution in [3.8, 4) is 0 Å². The molecule has 21 heavy (non-hydrogen) atoms. The number of hydrazine groups is 1. The van der Waals surface area contributed by atoms with Gasteiger partial charge in [0.1, 0.15) is 5.76 Å². The molecule has 3 N–H and O–H groups in total. The molecule has 0 spiro atoms. The zero-order chi connectivity index (χ0) is 15.4. The molecule has 110 valence electrons. The molecular formula is C16H19N3OS. The minimum Gasteiger partial charge on any atom is -0.460 e. The predicted molar refractivity (Wildman–Crippen MR) is 90.9 cm³/mol. The maximum Gasteiger partial charge on any atom is 0.189 e. The van der Waals surface area contributed by atoms with Gasteiger partial charge in [0.15, 0.2) is 10.9 Å². The summed E-state index contributed by atoms with van der Waals surface area (Å²) in [7, 11) is 0. The lowest BCUT2D eigenvalue weighted by atomic mass is 10.1. The molecule has 0 amide bonds. The highest BCUT2D eigenvalue weighted by atomic mass is 32.1. The highest BCUT2D eigenvalue weighted by molar-refractivity contribution is 7.80. The van der Waals surface area contributed by atoms with Crippen LogP contribution >= 0.6 is 12.2 Å². The average Bonchev–Trinajstić information content (AvgIpc) is 2.87. The molecule has 1 heterocycles. The molecule has 0 fully saturated rings. The number of rotatable bonds is 4. The molecule has 0 aliphatic rings. The Hall–Kier alpha value is -2.27. The second-order valence-corrected chi connectivity index (χ2v) is 5.27. The number of anilines is 1. The molecule has 0 saturated heterocycles. The third kappa shape index (κ3) is 3.86. The Kier molecular flexibility index (Phi) is 4.65. The van der Waals surface area contributed by atoms with E-state index in [0.717, 1.165) is 22.6 Å². The number of benzene rings is 1. The van der Waals surface area contributed by atoms with E-state index in [9.17, 15) is 0 Å². The quantitative estimate of drug-likeness (QED) is 0.594. The van der Waals surface area contributed by atoms with Gasteiger partial charge in [-0.15, -0.1) is 0 Å². The molecule has 2 rings (SSSR count). The summed E-state index contributed by atoms with van der Waals surface area (Å²) in [4.78, 5) is 0. The fraction of sp³-hybridized carbons (Fsp3) is 0.188. The Labute approximate surface area is 130 Å². The van der Waals surface area contributed by atoms with Crippen molar-refractivity contribution >= 4 is 28.7 Å². The van der Waals surface area contributed by atoms with Crippen molar-refractivity contribution in [3.05, 3.63) is 59.6 Å². The summed E-state index contributed by atoms with van der Waals surface area (Å²) >= 11 is 5.27. The van der Waals surface area contributed by atoms with Gasteiger partial charge in [-0.25, -0.2) is 0 Å². The Bertz CT molecular complexity index is 656. The van der Waals surface area contributed by atoms with Crippen LogP contribution in [0.1, 0.15) is 22.6 Å². The van der Waals surface area contributed by atoms with Gasteiger partial charge in [0.2, 0.25) is 0 Å². The summed E-state index contributed by atoms with van der Waals surface area (Å²) in [5.41, 5.74) is 9.74. The molecule has 0 radical (unpaired) electrons. The summed E-state index contributed by atoms with van der Waals surface area (Å²) in [6, 6.07) is 9.83. The largest absolute Gasteiger partial charge is 0.460 e. The maximum absolute atomic E-state index is 5.47. The first-order valence-corrected chi connectivity index (χ1v) is 7.03. The van der Waals surface area contributed by atoms with Gasteiger partial charge in [-0.05, 0) is 56.2 Å². The lowest BCUT2D eigenvalue weighted by Crippen LogP contribution is -2.39. The van der Waals surface area contributed by atoms with Gasteiger partial charge in [0.25, 0.3) is 0 Å². The second-order valence-electron chi connectivity index (χ2n) is 4.86. The fourth-order valence-corrected chi connectivity index (χ4v) is 2.10. The number of para-hydroxylation sites is 1. The summed E-state index contributed by atoms with van der Waals surface area (Å²) in [6.45, 7) is 9.86. The SMILES string of the molecule is C=C(NNC(=S)Nc1c(C)cccc1C)c1ccc(C)o1. The van der Waals surface area contributed by atoms with Gasteiger partial charge in [0.05, 0.1) is 5.70 Å². The van der Waals surface area contributed by atoms with Crippen molar-refractivity contribution in [3.63, 3.8) is 0 Å². The van der Waals surface area contributed by atoms with Gasteiger partial charge >= 0.3 is 0 Å². The van der Waals surface area contributed by atoms with Crippen LogP contribution in [0.25, 0.3) is 5.70 Å². The summed E-state index contributed by atoms with van der Waals surface area (Å²) < 4.78 is 5.47. The van der Waals surface area contributed by atoms with Gasteiger partial charge in [0, 0.05) is 5.69 Å². The van der Waals surface area contributed by atoms with Gasteiger partial charge in [-0.1, -0.05) is 24.8 Å². The topological polar surface area (TPSA) is 49.2 Å². The number of hydrogen-bond donors (Lipinski definition) is 3. The Morgan fingerprint density at radius 3 is 2.29 bits per heavy atom. The zero-order valence-electron chi connectivity index (χ0n) is 12.4. The Morgan fingerprint density at radius 1 is 1.05 bits per heavy atom. The van der Waals surface area contributed by atoms with Crippen LogP contribution in [0.3, 0.4) is 0 Å². The lowest BCUT2D eigenvalue weighted by Gasteiger charge is -2.16. The van der Waals surface area contributed by atoms with Gasteiger partial charge in [-0.2, -0.15) is 0 Å². The molecule has 0 aliphatic carbocycles. The summed E-state index contributed by atoms with van der Waals surface area (Å²) in [6.07, 6.45) is 0. The highest BCUT2D eigenvalue weighted by Crippen LogP contribution is 2.19. The van der Waals surface area contributed by atoms with Crippen molar-refractivity contribution in [2.24, 2.45) is 0 Å². The number of aryl methyl sites for hydroxylation is 3. The molecule has 1 aromatic heterocycles. The van der Waals surface area contributed by atoms with E-state index in [2.05, 4.69) is 22.7 Å². The smallest absolute Gasteiger partial charge is 0.189 e. The summed E-state index contributed by atoms with van der Waals surface area (Å²) in [5, 5.41) is 3.65. The van der Waals surface area contributed by atoms with Crippen molar-refractivity contribution in [2.75, 3.05) is 5.32 Å². The van der Waals surface area contributed by atoms with Crippen LogP contribution in [0.2, 0.25) is 0 Å². The molecule has 5 heteroatoms. The highest BCUT2D eigenvalue weighted by Gasteiger charge is 2.06. The van der Waals surface area contributed by atoms with E-state index >= 15 is 0 Å². The number of thiocarbonyl (C=S) groups is 1. The van der Waals surface area contributed by atoms with Crippen LogP contribution in [0.5, 0.6) is 0 Å². The minimum absolute atomic E-state index is 0.469. The van der Waals surface area contributed by atoms with E-state index in [1.54, 1.807) is 0 Å². The molecule has 1 aromatic carbocycles. The van der Waals surface area contributed by atoms with E-state index in [0.29, 0.717) is 16.6 Å². The van der Waals surface area contributed by atoms with E-state index in [-0.39, 0.29) is 0 Å². The van der Waals surface area contributed by atoms with E-state index in [4.69, 9.17) is 16.6 Å². The monoisotopic (exact) mass is 301 g/mol. The lowest BCUT2D eigenvalue weighted by molar-refractivity contribution is 0.515. The molecule has 2 aromatic rings. The van der Waals surface area contributed by atoms with Crippen molar-refractivity contribution in [2.45, 2.75) is 20.8 Å². The maximum atomic E-state index is 5.47. The third-order valence-electron chi connectivity index (χ3n) is 3.08. The first kappa shape index (κ1) is 15.1. The first-order chi connectivity index (χ1) is 9.97. The van der Waals surface area contributed by atoms with E-state index in [1.165, 1.54) is 0 Å². The summed E-state index contributed by atoms with van der Waals surface area (Å²) in [5.74, 6) is 1.51. The predicted octanol–water partition coefficient (Wildman–Crippen LogP) is 3.67. The standard InChI is InChI=1S/C16H19N3OS/c1-10-6-5-7-11(2)15(10)17-16(21)19-18-13(4)14-9-8-12(3)20-14/h5-9,18H,4H2,1-3H3,(H2,17,19,21). The van der Waals surface area contributed by atoms with Crippen molar-refractivity contribution in [1.82, 2.24) is 10.9 Å². The normalized spacial score (nSPS) is 10.0. The molecule has 0 unspecified atom stereocenters. The number of hydrogen-bond acceptors (Lipinski definition) is 3. The first-order valence-electron chi connectivity index (χ1n) is 6.62. The minimum atomic E-state index is 0.469. The van der Waals surface area contributed by atoms with Crippen molar-refractivity contribution in [1.29, 1.82) is 0 Å². The average molecular weight is 301 g/mol. The van der Waals surface area contributed by atoms with Crippen LogP contribution in [0.15, 0.2) is 41.3 Å². The molecular weight excluding hydrogens is 282 g/mol. The Balaban J connectivity index is 1.92. The zero-order valence-corrected chi connectivity index (χ0v) is 13.2. The van der Waals surface area contributed by atoms with Crippen LogP contribution in [-0.4, -0.2) is 5.11 Å². The molecule has 0 bridgehead atoms. The van der Waals surface area contributed by atoms with Crippen LogP contribution in [0.4, 0.5) is 5.69 Å². The number of furan rings is 1.